The van der Waals surface area contributed by atoms with E-state index in [2.05, 4.69) is 10.1 Å². The largest absolute Gasteiger partial charge is 0.497 e. The van der Waals surface area contributed by atoms with Gasteiger partial charge in [0.15, 0.2) is 0 Å². The van der Waals surface area contributed by atoms with Crippen LogP contribution in [0.4, 0.5) is 4.79 Å². The van der Waals surface area contributed by atoms with Gasteiger partial charge in [-0.2, -0.15) is 4.98 Å². The molecule has 0 fully saturated rings. The molecular formula is C17H23N3O6S. The van der Waals surface area contributed by atoms with Gasteiger partial charge in [0.25, 0.3) is 0 Å². The van der Waals surface area contributed by atoms with Crippen molar-refractivity contribution in [3.8, 4) is 17.1 Å². The van der Waals surface area contributed by atoms with Gasteiger partial charge in [0.1, 0.15) is 11.4 Å². The summed E-state index contributed by atoms with van der Waals surface area (Å²) in [7, 11) is -0.491. The molecule has 10 heteroatoms. The molecule has 0 spiro atoms. The molecule has 0 atom stereocenters. The summed E-state index contributed by atoms with van der Waals surface area (Å²) in [4.78, 5) is 17.5. The molecule has 0 bridgehead atoms. The Morgan fingerprint density at radius 2 is 1.93 bits per heavy atom. The Kier molecular flexibility index (Phi) is 5.79. The summed E-state index contributed by atoms with van der Waals surface area (Å²) in [5.74, 6) is 0.612. The monoisotopic (exact) mass is 397 g/mol. The van der Waals surface area contributed by atoms with Crippen molar-refractivity contribution >= 4 is 15.9 Å². The Hall–Kier alpha value is -2.62. The smallest absolute Gasteiger partial charge is 0.410 e. The maximum Gasteiger partial charge on any atom is 0.410 e. The van der Waals surface area contributed by atoms with Gasteiger partial charge in [-0.1, -0.05) is 5.16 Å². The minimum Gasteiger partial charge on any atom is -0.497 e. The zero-order valence-electron chi connectivity index (χ0n) is 16.1. The van der Waals surface area contributed by atoms with Crippen molar-refractivity contribution in [2.75, 3.05) is 20.4 Å². The van der Waals surface area contributed by atoms with Gasteiger partial charge in [-0.05, 0) is 44.5 Å². The second-order valence-corrected chi connectivity index (χ2v) is 8.96. The van der Waals surface area contributed by atoms with Crippen LogP contribution in [0.2, 0.25) is 0 Å². The standard InChI is InChI=1S/C17H23N3O6S/c1-17(2,3)25-16(21)20(4)10-11-7-12(9-13(8-11)24-5)14-18-15(26-19-14)27(6,22)23/h7-9H,10H2,1-6H3. The summed E-state index contributed by atoms with van der Waals surface area (Å²) < 4.78 is 38.5. The molecule has 2 aromatic rings. The van der Waals surface area contributed by atoms with E-state index in [1.165, 1.54) is 12.0 Å². The fraction of sp³-hybridized carbons (Fsp3) is 0.471. The Morgan fingerprint density at radius 3 is 2.44 bits per heavy atom. The Labute approximate surface area is 158 Å². The SMILES string of the molecule is COc1cc(CN(C)C(=O)OC(C)(C)C)cc(-c2noc(S(C)(=O)=O)n2)c1. The molecule has 0 aliphatic carbocycles. The molecule has 1 heterocycles. The molecule has 1 aromatic carbocycles. The third-order valence-corrected chi connectivity index (χ3v) is 4.11. The van der Waals surface area contributed by atoms with Gasteiger partial charge in [0.05, 0.1) is 7.11 Å². The third-order valence-electron chi connectivity index (χ3n) is 3.31. The molecule has 0 saturated heterocycles. The quantitative estimate of drug-likeness (QED) is 0.756. The lowest BCUT2D eigenvalue weighted by atomic mass is 10.1. The van der Waals surface area contributed by atoms with Crippen molar-refractivity contribution in [1.82, 2.24) is 15.0 Å². The molecule has 1 amide bonds. The van der Waals surface area contributed by atoms with Crippen LogP contribution in [0.25, 0.3) is 11.4 Å². The van der Waals surface area contributed by atoms with E-state index >= 15 is 0 Å². The molecule has 0 aliphatic heterocycles. The zero-order valence-corrected chi connectivity index (χ0v) is 17.0. The fourth-order valence-electron chi connectivity index (χ4n) is 2.15. The molecule has 0 N–H and O–H groups in total. The van der Waals surface area contributed by atoms with Crippen LogP contribution in [-0.4, -0.2) is 55.6 Å². The molecule has 2 rings (SSSR count). The predicted molar refractivity (Wildman–Crippen MR) is 97.1 cm³/mol. The lowest BCUT2D eigenvalue weighted by Gasteiger charge is -2.24. The number of carbonyl (C=O) groups is 1. The number of nitrogens with zero attached hydrogens (tertiary/aromatic N) is 3. The predicted octanol–water partition coefficient (Wildman–Crippen LogP) is 2.52. The Morgan fingerprint density at radius 1 is 1.26 bits per heavy atom. The number of carbonyl (C=O) groups excluding carboxylic acids is 1. The molecule has 27 heavy (non-hydrogen) atoms. The van der Waals surface area contributed by atoms with Gasteiger partial charge < -0.3 is 18.9 Å². The number of methoxy groups -OCH3 is 1. The van der Waals surface area contributed by atoms with E-state index < -0.39 is 26.8 Å². The van der Waals surface area contributed by atoms with Gasteiger partial charge >= 0.3 is 11.3 Å². The first kappa shape index (κ1) is 20.7. The number of hydrogen-bond acceptors (Lipinski definition) is 8. The number of benzene rings is 1. The van der Waals surface area contributed by atoms with E-state index in [1.54, 1.807) is 46.0 Å². The van der Waals surface area contributed by atoms with Crippen molar-refractivity contribution in [1.29, 1.82) is 0 Å². The van der Waals surface area contributed by atoms with E-state index in [0.29, 0.717) is 11.3 Å². The summed E-state index contributed by atoms with van der Waals surface area (Å²) in [5.41, 5.74) is 0.626. The highest BCUT2D eigenvalue weighted by atomic mass is 32.2. The van der Waals surface area contributed by atoms with Gasteiger partial charge in [-0.15, -0.1) is 0 Å². The molecule has 0 unspecified atom stereocenters. The molecule has 148 valence electrons. The summed E-state index contributed by atoms with van der Waals surface area (Å²) in [6, 6.07) is 5.12. The fourth-order valence-corrected chi connectivity index (χ4v) is 2.58. The van der Waals surface area contributed by atoms with Crippen molar-refractivity contribution in [3.63, 3.8) is 0 Å². The van der Waals surface area contributed by atoms with E-state index in [1.807, 2.05) is 0 Å². The summed E-state index contributed by atoms with van der Waals surface area (Å²) >= 11 is 0. The van der Waals surface area contributed by atoms with Gasteiger partial charge in [0, 0.05) is 25.4 Å². The number of amides is 1. The van der Waals surface area contributed by atoms with Crippen LogP contribution in [0, 0.1) is 0 Å². The highest BCUT2D eigenvalue weighted by Crippen LogP contribution is 2.26. The first-order chi connectivity index (χ1) is 12.4. The second-order valence-electron chi connectivity index (χ2n) is 7.06. The Bertz CT molecular complexity index is 930. The number of hydrogen-bond donors (Lipinski definition) is 0. The minimum absolute atomic E-state index is 0.107. The lowest BCUT2D eigenvalue weighted by molar-refractivity contribution is 0.0285. The van der Waals surface area contributed by atoms with Crippen LogP contribution in [0.15, 0.2) is 27.9 Å². The molecule has 1 aromatic heterocycles. The van der Waals surface area contributed by atoms with Crippen LogP contribution in [0.3, 0.4) is 0 Å². The third kappa shape index (κ3) is 5.68. The lowest BCUT2D eigenvalue weighted by Crippen LogP contribution is -2.33. The highest BCUT2D eigenvalue weighted by Gasteiger charge is 2.21. The van der Waals surface area contributed by atoms with Crippen LogP contribution < -0.4 is 4.74 Å². The average molecular weight is 397 g/mol. The molecule has 0 aliphatic rings. The van der Waals surface area contributed by atoms with Crippen LogP contribution in [0.1, 0.15) is 26.3 Å². The van der Waals surface area contributed by atoms with Gasteiger partial charge in [-0.3, -0.25) is 0 Å². The topological polar surface area (TPSA) is 112 Å². The number of ether oxygens (including phenoxy) is 2. The first-order valence-corrected chi connectivity index (χ1v) is 9.94. The molecule has 0 saturated carbocycles. The summed E-state index contributed by atoms with van der Waals surface area (Å²) in [6.45, 7) is 5.61. The van der Waals surface area contributed by atoms with E-state index in [0.717, 1.165) is 11.8 Å². The maximum atomic E-state index is 12.2. The van der Waals surface area contributed by atoms with E-state index in [9.17, 15) is 13.2 Å². The minimum atomic E-state index is -3.60. The van der Waals surface area contributed by atoms with Gasteiger partial charge in [0.2, 0.25) is 15.7 Å². The van der Waals surface area contributed by atoms with Crippen LogP contribution >= 0.6 is 0 Å². The van der Waals surface area contributed by atoms with Crippen molar-refractivity contribution in [3.05, 3.63) is 23.8 Å². The second kappa shape index (κ2) is 7.55. The summed E-state index contributed by atoms with van der Waals surface area (Å²) in [6.07, 6.45) is 0.516. The number of rotatable bonds is 5. The van der Waals surface area contributed by atoms with Crippen molar-refractivity contribution < 1.29 is 27.2 Å². The number of aromatic nitrogens is 2. The summed E-state index contributed by atoms with van der Waals surface area (Å²) in [5, 5.41) is 3.24. The molecular weight excluding hydrogens is 374 g/mol. The van der Waals surface area contributed by atoms with Crippen molar-refractivity contribution in [2.24, 2.45) is 0 Å². The highest BCUT2D eigenvalue weighted by molar-refractivity contribution is 7.90. The van der Waals surface area contributed by atoms with Crippen molar-refractivity contribution in [2.45, 2.75) is 38.1 Å². The number of sulfone groups is 1. The van der Waals surface area contributed by atoms with Gasteiger partial charge in [-0.25, -0.2) is 13.2 Å². The Balaban J connectivity index is 2.30. The van der Waals surface area contributed by atoms with Crippen LogP contribution in [-0.2, 0) is 21.1 Å². The first-order valence-electron chi connectivity index (χ1n) is 8.05. The zero-order chi connectivity index (χ0) is 20.4. The average Bonchev–Trinajstić information content (AvgIpc) is 3.03. The molecule has 9 nitrogen and oxygen atoms in total. The maximum absolute atomic E-state index is 12.2. The van der Waals surface area contributed by atoms with E-state index in [-0.39, 0.29) is 12.4 Å². The van der Waals surface area contributed by atoms with Crippen LogP contribution in [0.5, 0.6) is 5.75 Å². The van der Waals surface area contributed by atoms with E-state index in [4.69, 9.17) is 14.0 Å². The molecule has 0 radical (unpaired) electrons. The normalized spacial score (nSPS) is 11.9.